The van der Waals surface area contributed by atoms with Gasteiger partial charge in [-0.3, -0.25) is 0 Å². The van der Waals surface area contributed by atoms with Crippen LogP contribution in [-0.4, -0.2) is 14.8 Å². The van der Waals surface area contributed by atoms with Gasteiger partial charge in [0, 0.05) is 0 Å². The fourth-order valence-electron chi connectivity index (χ4n) is 1.82. The van der Waals surface area contributed by atoms with Gasteiger partial charge >= 0.3 is 0 Å². The van der Waals surface area contributed by atoms with Gasteiger partial charge < -0.3 is 10.6 Å². The Morgan fingerprint density at radius 3 is 2.72 bits per heavy atom. The van der Waals surface area contributed by atoms with Crippen LogP contribution in [0.1, 0.15) is 0 Å². The van der Waals surface area contributed by atoms with E-state index in [1.165, 1.54) is 0 Å². The van der Waals surface area contributed by atoms with Crippen molar-refractivity contribution in [2.24, 2.45) is 0 Å². The van der Waals surface area contributed by atoms with Crippen molar-refractivity contribution in [1.82, 2.24) is 14.8 Å². The molecule has 18 heavy (non-hydrogen) atoms. The van der Waals surface area contributed by atoms with Crippen molar-refractivity contribution in [2.75, 3.05) is 5.73 Å². The molecular formula is C13H9N5. The van der Waals surface area contributed by atoms with Gasteiger partial charge in [0.15, 0.2) is 0 Å². The maximum Gasteiger partial charge on any atom is 0.271 e. The van der Waals surface area contributed by atoms with Crippen LogP contribution in [-0.2, 0) is 0 Å². The topological polar surface area (TPSA) is 61.1 Å². The number of aromatic nitrogens is 3. The van der Waals surface area contributed by atoms with Gasteiger partial charge in [-0.2, -0.15) is 5.10 Å². The van der Waals surface area contributed by atoms with Crippen molar-refractivity contribution in [3.8, 4) is 5.69 Å². The number of benzene rings is 1. The van der Waals surface area contributed by atoms with Crippen molar-refractivity contribution in [1.29, 1.82) is 0 Å². The first-order valence-corrected chi connectivity index (χ1v) is 5.37. The third kappa shape index (κ3) is 1.48. The van der Waals surface area contributed by atoms with Crippen molar-refractivity contribution in [2.45, 2.75) is 0 Å². The highest BCUT2D eigenvalue weighted by Gasteiger charge is 2.11. The van der Waals surface area contributed by atoms with E-state index in [1.807, 2.05) is 30.3 Å². The minimum absolute atomic E-state index is 0.320. The standard InChI is InChI=1S/C13H9N5/c1-15-12-7-11-10(8-16-12)13(14)18(17-11)9-5-3-2-4-6-9/h2-8H,14H2. The molecule has 0 fully saturated rings. The molecule has 0 bridgehead atoms. The molecule has 0 saturated heterocycles. The summed E-state index contributed by atoms with van der Waals surface area (Å²) in [7, 11) is 0. The largest absolute Gasteiger partial charge is 0.383 e. The predicted molar refractivity (Wildman–Crippen MR) is 69.5 cm³/mol. The number of anilines is 1. The Morgan fingerprint density at radius 1 is 1.22 bits per heavy atom. The summed E-state index contributed by atoms with van der Waals surface area (Å²) in [5.41, 5.74) is 7.61. The Labute approximate surface area is 103 Å². The second-order valence-corrected chi connectivity index (χ2v) is 3.80. The van der Waals surface area contributed by atoms with Crippen LogP contribution in [0.2, 0.25) is 0 Å². The van der Waals surface area contributed by atoms with Gasteiger partial charge in [0.25, 0.3) is 5.82 Å². The minimum atomic E-state index is 0.320. The molecule has 2 N–H and O–H groups in total. The number of hydrogen-bond donors (Lipinski definition) is 1. The van der Waals surface area contributed by atoms with E-state index in [-0.39, 0.29) is 0 Å². The van der Waals surface area contributed by atoms with Crippen LogP contribution < -0.4 is 5.73 Å². The summed E-state index contributed by atoms with van der Waals surface area (Å²) in [6.07, 6.45) is 1.59. The van der Waals surface area contributed by atoms with E-state index in [4.69, 9.17) is 12.3 Å². The molecule has 2 heterocycles. The zero-order valence-corrected chi connectivity index (χ0v) is 9.41. The van der Waals surface area contributed by atoms with E-state index < -0.39 is 0 Å². The van der Waals surface area contributed by atoms with Gasteiger partial charge in [0.05, 0.1) is 16.6 Å². The lowest BCUT2D eigenvalue weighted by atomic mass is 10.3. The number of rotatable bonds is 1. The summed E-state index contributed by atoms with van der Waals surface area (Å²) < 4.78 is 1.65. The third-order valence-corrected chi connectivity index (χ3v) is 2.69. The van der Waals surface area contributed by atoms with Crippen LogP contribution in [0.5, 0.6) is 0 Å². The van der Waals surface area contributed by atoms with Gasteiger partial charge in [0.1, 0.15) is 12.0 Å². The van der Waals surface area contributed by atoms with E-state index in [9.17, 15) is 0 Å². The molecule has 0 amide bonds. The molecule has 0 unspecified atom stereocenters. The lowest BCUT2D eigenvalue weighted by Crippen LogP contribution is -2.00. The molecule has 0 saturated carbocycles. The molecule has 0 aliphatic rings. The van der Waals surface area contributed by atoms with E-state index in [0.29, 0.717) is 17.2 Å². The lowest BCUT2D eigenvalue weighted by molar-refractivity contribution is 0.908. The number of nitrogen functional groups attached to an aromatic ring is 1. The third-order valence-electron chi connectivity index (χ3n) is 2.69. The molecule has 1 aromatic carbocycles. The molecule has 0 spiro atoms. The average Bonchev–Trinajstić information content (AvgIpc) is 2.76. The first kappa shape index (κ1) is 10.3. The molecule has 2 aromatic heterocycles. The molecule has 0 aliphatic heterocycles. The number of para-hydroxylation sites is 1. The fraction of sp³-hybridized carbons (Fsp3) is 0. The number of fused-ring (bicyclic) bond motifs is 1. The average molecular weight is 235 g/mol. The molecule has 0 radical (unpaired) electrons. The van der Waals surface area contributed by atoms with Crippen molar-refractivity contribution in [3.05, 3.63) is 54.0 Å². The normalized spacial score (nSPS) is 10.4. The highest BCUT2D eigenvalue weighted by molar-refractivity contribution is 5.90. The predicted octanol–water partition coefficient (Wildman–Crippen LogP) is 2.55. The first-order valence-electron chi connectivity index (χ1n) is 5.37. The Morgan fingerprint density at radius 2 is 2.00 bits per heavy atom. The quantitative estimate of drug-likeness (QED) is 0.659. The zero-order valence-electron chi connectivity index (χ0n) is 9.41. The molecule has 5 nitrogen and oxygen atoms in total. The van der Waals surface area contributed by atoms with Crippen LogP contribution in [0, 0.1) is 6.57 Å². The molecule has 86 valence electrons. The Kier molecular flexibility index (Phi) is 2.21. The lowest BCUT2D eigenvalue weighted by Gasteiger charge is -2.02. The number of pyridine rings is 1. The van der Waals surface area contributed by atoms with E-state index in [0.717, 1.165) is 11.1 Å². The second-order valence-electron chi connectivity index (χ2n) is 3.80. The minimum Gasteiger partial charge on any atom is -0.383 e. The van der Waals surface area contributed by atoms with E-state index in [1.54, 1.807) is 16.9 Å². The Bertz CT molecular complexity index is 752. The van der Waals surface area contributed by atoms with Gasteiger partial charge in [-0.15, -0.1) is 4.98 Å². The SMILES string of the molecule is [C-]#[N+]c1cc2nn(-c3ccccc3)c(N)c2cn1. The van der Waals surface area contributed by atoms with Crippen LogP contribution >= 0.6 is 0 Å². The van der Waals surface area contributed by atoms with Crippen molar-refractivity contribution in [3.63, 3.8) is 0 Å². The number of nitrogens with two attached hydrogens (primary N) is 1. The van der Waals surface area contributed by atoms with Gasteiger partial charge in [-0.05, 0) is 18.2 Å². The fourth-order valence-corrected chi connectivity index (χ4v) is 1.82. The molecule has 0 atom stereocenters. The second kappa shape index (κ2) is 3.86. The van der Waals surface area contributed by atoms with Crippen LogP contribution in [0.25, 0.3) is 21.4 Å². The highest BCUT2D eigenvalue weighted by atomic mass is 15.3. The van der Waals surface area contributed by atoms with Gasteiger partial charge in [-0.25, -0.2) is 4.68 Å². The summed E-state index contributed by atoms with van der Waals surface area (Å²) in [5.74, 6) is 0.848. The Balaban J connectivity index is 2.27. The van der Waals surface area contributed by atoms with E-state index in [2.05, 4.69) is 14.9 Å². The van der Waals surface area contributed by atoms with Gasteiger partial charge in [0.2, 0.25) is 0 Å². The first-order chi connectivity index (χ1) is 8.79. The molecule has 3 aromatic rings. The summed E-state index contributed by atoms with van der Waals surface area (Å²) in [6.45, 7) is 6.94. The van der Waals surface area contributed by atoms with Crippen molar-refractivity contribution < 1.29 is 0 Å². The monoisotopic (exact) mass is 235 g/mol. The highest BCUT2D eigenvalue weighted by Crippen LogP contribution is 2.25. The van der Waals surface area contributed by atoms with Gasteiger partial charge in [-0.1, -0.05) is 24.8 Å². The van der Waals surface area contributed by atoms with Crippen molar-refractivity contribution >= 4 is 22.5 Å². The summed E-state index contributed by atoms with van der Waals surface area (Å²) in [4.78, 5) is 7.29. The summed E-state index contributed by atoms with van der Waals surface area (Å²) in [5, 5.41) is 5.16. The van der Waals surface area contributed by atoms with Crippen LogP contribution in [0.3, 0.4) is 0 Å². The number of nitrogens with zero attached hydrogens (tertiary/aromatic N) is 4. The summed E-state index contributed by atoms with van der Waals surface area (Å²) >= 11 is 0. The van der Waals surface area contributed by atoms with Crippen LogP contribution in [0.15, 0.2) is 42.6 Å². The summed E-state index contributed by atoms with van der Waals surface area (Å²) in [6, 6.07) is 11.3. The molecule has 3 rings (SSSR count). The maximum absolute atomic E-state index is 6.94. The molecular weight excluding hydrogens is 226 g/mol. The van der Waals surface area contributed by atoms with E-state index >= 15 is 0 Å². The maximum atomic E-state index is 6.94. The number of hydrogen-bond acceptors (Lipinski definition) is 3. The Hall–Kier alpha value is -2.87. The molecule has 5 heteroatoms. The zero-order chi connectivity index (χ0) is 12.5. The smallest absolute Gasteiger partial charge is 0.271 e. The molecule has 0 aliphatic carbocycles. The van der Waals surface area contributed by atoms with Crippen LogP contribution in [0.4, 0.5) is 11.6 Å².